The lowest BCUT2D eigenvalue weighted by Crippen LogP contribution is -2.23. The quantitative estimate of drug-likeness (QED) is 0.538. The van der Waals surface area contributed by atoms with Crippen LogP contribution in [0.5, 0.6) is 0 Å². The molecule has 2 heteroatoms. The van der Waals surface area contributed by atoms with Gasteiger partial charge in [-0.15, -0.1) is 0 Å². The fourth-order valence-corrected chi connectivity index (χ4v) is 1.16. The predicted molar refractivity (Wildman–Crippen MR) is 60.1 cm³/mol. The summed E-state index contributed by atoms with van der Waals surface area (Å²) in [6.07, 6.45) is 3.78. The van der Waals surface area contributed by atoms with Gasteiger partial charge in [0, 0.05) is 0 Å². The first-order valence-corrected chi connectivity index (χ1v) is 5.68. The average Bonchev–Trinajstić information content (AvgIpc) is 2.09. The molecule has 0 saturated heterocycles. The first kappa shape index (κ1) is 12.9. The van der Waals surface area contributed by atoms with Gasteiger partial charge in [-0.3, -0.25) is 0 Å². The van der Waals surface area contributed by atoms with Crippen molar-refractivity contribution in [3.05, 3.63) is 0 Å². The van der Waals surface area contributed by atoms with Crippen molar-refractivity contribution >= 4 is 0 Å². The minimum absolute atomic E-state index is 0.825. The summed E-state index contributed by atoms with van der Waals surface area (Å²) in [5.74, 6) is 0.825. The smallest absolute Gasteiger partial charge is 0.00368 e. The lowest BCUT2D eigenvalue weighted by molar-refractivity contribution is 0.524. The Balaban J connectivity index is 2.84. The maximum atomic E-state index is 3.45. The summed E-state index contributed by atoms with van der Waals surface area (Å²) in [5, 5.41) is 6.85. The molecule has 0 aliphatic carbocycles. The van der Waals surface area contributed by atoms with Crippen molar-refractivity contribution in [2.24, 2.45) is 5.92 Å². The van der Waals surface area contributed by atoms with Crippen molar-refractivity contribution in [1.29, 1.82) is 0 Å². The van der Waals surface area contributed by atoms with Crippen LogP contribution in [0.3, 0.4) is 0 Å². The first-order chi connectivity index (χ1) is 6.27. The van der Waals surface area contributed by atoms with Gasteiger partial charge in [0.1, 0.15) is 0 Å². The molecule has 2 nitrogen and oxygen atoms in total. The third-order valence-corrected chi connectivity index (χ3v) is 2.03. The van der Waals surface area contributed by atoms with Crippen LogP contribution in [-0.4, -0.2) is 26.2 Å². The Labute approximate surface area is 83.5 Å². The van der Waals surface area contributed by atoms with Crippen molar-refractivity contribution in [2.75, 3.05) is 26.2 Å². The normalized spacial score (nSPS) is 11.1. The lowest BCUT2D eigenvalue weighted by atomic mass is 10.1. The summed E-state index contributed by atoms with van der Waals surface area (Å²) >= 11 is 0. The van der Waals surface area contributed by atoms with Gasteiger partial charge in [-0.05, 0) is 51.4 Å². The van der Waals surface area contributed by atoms with Crippen LogP contribution < -0.4 is 10.6 Å². The van der Waals surface area contributed by atoms with Crippen LogP contribution in [-0.2, 0) is 0 Å². The summed E-state index contributed by atoms with van der Waals surface area (Å²) in [6.45, 7) is 11.4. The molecule has 0 unspecified atom stereocenters. The third-order valence-electron chi connectivity index (χ3n) is 2.03. The minimum atomic E-state index is 0.825. The second-order valence-electron chi connectivity index (χ2n) is 4.04. The summed E-state index contributed by atoms with van der Waals surface area (Å²) in [6, 6.07) is 0. The second-order valence-corrected chi connectivity index (χ2v) is 4.04. The highest BCUT2D eigenvalue weighted by Gasteiger charge is 1.92. The van der Waals surface area contributed by atoms with Crippen LogP contribution in [0, 0.1) is 5.92 Å². The van der Waals surface area contributed by atoms with Crippen LogP contribution in [0.15, 0.2) is 0 Å². The number of hydrogen-bond acceptors (Lipinski definition) is 2. The van der Waals surface area contributed by atoms with Gasteiger partial charge in [-0.1, -0.05) is 20.8 Å². The van der Waals surface area contributed by atoms with E-state index in [2.05, 4.69) is 31.4 Å². The van der Waals surface area contributed by atoms with E-state index in [0.717, 1.165) is 25.6 Å². The van der Waals surface area contributed by atoms with Crippen molar-refractivity contribution in [3.8, 4) is 0 Å². The van der Waals surface area contributed by atoms with Gasteiger partial charge in [0.2, 0.25) is 0 Å². The Bertz CT molecular complexity index is 92.1. The van der Waals surface area contributed by atoms with Gasteiger partial charge in [-0.25, -0.2) is 0 Å². The zero-order valence-electron chi connectivity index (χ0n) is 9.53. The Morgan fingerprint density at radius 3 is 2.08 bits per heavy atom. The molecule has 0 aliphatic rings. The highest BCUT2D eigenvalue weighted by atomic mass is 14.9. The molecule has 0 rings (SSSR count). The van der Waals surface area contributed by atoms with E-state index >= 15 is 0 Å². The predicted octanol–water partition coefficient (Wildman–Crippen LogP) is 2.01. The molecular weight excluding hydrogens is 160 g/mol. The summed E-state index contributed by atoms with van der Waals surface area (Å²) < 4.78 is 0. The highest BCUT2D eigenvalue weighted by Crippen LogP contribution is 1.95. The Morgan fingerprint density at radius 2 is 1.54 bits per heavy atom. The van der Waals surface area contributed by atoms with E-state index in [1.165, 1.54) is 25.8 Å². The van der Waals surface area contributed by atoms with Crippen molar-refractivity contribution < 1.29 is 0 Å². The second kappa shape index (κ2) is 10.0. The van der Waals surface area contributed by atoms with Crippen LogP contribution in [0.4, 0.5) is 0 Å². The number of hydrogen-bond donors (Lipinski definition) is 2. The van der Waals surface area contributed by atoms with Crippen LogP contribution in [0.2, 0.25) is 0 Å². The van der Waals surface area contributed by atoms with E-state index in [9.17, 15) is 0 Å². The average molecular weight is 186 g/mol. The number of rotatable bonds is 9. The molecule has 80 valence electrons. The molecule has 0 aromatic heterocycles. The van der Waals surface area contributed by atoms with Gasteiger partial charge in [0.15, 0.2) is 0 Å². The molecule has 0 radical (unpaired) electrons. The Hall–Kier alpha value is -0.0800. The minimum Gasteiger partial charge on any atom is -0.317 e. The zero-order chi connectivity index (χ0) is 9.94. The molecule has 0 bridgehead atoms. The molecule has 0 saturated carbocycles. The molecule has 0 aromatic rings. The monoisotopic (exact) mass is 186 g/mol. The molecule has 0 atom stereocenters. The van der Waals surface area contributed by atoms with Gasteiger partial charge in [0.25, 0.3) is 0 Å². The maximum Gasteiger partial charge on any atom is -0.00368 e. The van der Waals surface area contributed by atoms with E-state index in [1.54, 1.807) is 0 Å². The molecule has 0 aromatic carbocycles. The fourth-order valence-electron chi connectivity index (χ4n) is 1.16. The number of nitrogens with one attached hydrogen (secondary N) is 2. The van der Waals surface area contributed by atoms with Crippen molar-refractivity contribution in [3.63, 3.8) is 0 Å². The van der Waals surface area contributed by atoms with Gasteiger partial charge in [-0.2, -0.15) is 0 Å². The lowest BCUT2D eigenvalue weighted by Gasteiger charge is -2.07. The molecular formula is C11H26N2. The molecule has 0 fully saturated rings. The van der Waals surface area contributed by atoms with Crippen LogP contribution in [0.1, 0.15) is 40.0 Å². The fraction of sp³-hybridized carbons (Fsp3) is 1.00. The first-order valence-electron chi connectivity index (χ1n) is 5.68. The summed E-state index contributed by atoms with van der Waals surface area (Å²) in [4.78, 5) is 0. The van der Waals surface area contributed by atoms with Crippen LogP contribution >= 0.6 is 0 Å². The van der Waals surface area contributed by atoms with E-state index in [4.69, 9.17) is 0 Å². The standard InChI is InChI=1S/C11H26N2/c1-4-7-12-8-5-9-13-10-6-11(2)3/h11-13H,4-10H2,1-3H3. The van der Waals surface area contributed by atoms with E-state index in [1.807, 2.05) is 0 Å². The van der Waals surface area contributed by atoms with E-state index < -0.39 is 0 Å². The van der Waals surface area contributed by atoms with Crippen molar-refractivity contribution in [1.82, 2.24) is 10.6 Å². The zero-order valence-corrected chi connectivity index (χ0v) is 9.53. The molecule has 2 N–H and O–H groups in total. The van der Waals surface area contributed by atoms with Gasteiger partial charge < -0.3 is 10.6 Å². The van der Waals surface area contributed by atoms with Crippen molar-refractivity contribution in [2.45, 2.75) is 40.0 Å². The Kier molecular flexibility index (Phi) is 9.94. The van der Waals surface area contributed by atoms with E-state index in [-0.39, 0.29) is 0 Å². The SMILES string of the molecule is CCCNCCCNCCC(C)C. The van der Waals surface area contributed by atoms with Gasteiger partial charge >= 0.3 is 0 Å². The Morgan fingerprint density at radius 1 is 0.923 bits per heavy atom. The maximum absolute atomic E-state index is 3.45. The molecule has 13 heavy (non-hydrogen) atoms. The van der Waals surface area contributed by atoms with Crippen LogP contribution in [0.25, 0.3) is 0 Å². The van der Waals surface area contributed by atoms with E-state index in [0.29, 0.717) is 0 Å². The van der Waals surface area contributed by atoms with Gasteiger partial charge in [0.05, 0.1) is 0 Å². The molecule has 0 aliphatic heterocycles. The largest absolute Gasteiger partial charge is 0.317 e. The highest BCUT2D eigenvalue weighted by molar-refractivity contribution is 4.53. The molecule has 0 amide bonds. The third kappa shape index (κ3) is 11.9. The topological polar surface area (TPSA) is 24.1 Å². The molecule has 0 spiro atoms. The summed E-state index contributed by atoms with van der Waals surface area (Å²) in [5.41, 5.74) is 0. The molecule has 0 heterocycles. The summed E-state index contributed by atoms with van der Waals surface area (Å²) in [7, 11) is 0.